The molecule has 2 aliphatic rings. The van der Waals surface area contributed by atoms with Crippen molar-refractivity contribution < 1.29 is 9.47 Å². The Labute approximate surface area is 173 Å². The maximum Gasteiger partial charge on any atom is 0.231 e. The molecule has 0 radical (unpaired) electrons. The number of benzene rings is 3. The van der Waals surface area contributed by atoms with Crippen molar-refractivity contribution in [1.29, 1.82) is 0 Å². The fourth-order valence-corrected chi connectivity index (χ4v) is 4.62. The van der Waals surface area contributed by atoms with Crippen LogP contribution in [-0.4, -0.2) is 16.7 Å². The minimum Gasteiger partial charge on any atom is -0.454 e. The van der Waals surface area contributed by atoms with E-state index in [4.69, 9.17) is 9.47 Å². The molecule has 1 aromatic heterocycles. The van der Waals surface area contributed by atoms with E-state index in [-0.39, 0.29) is 18.3 Å². The summed E-state index contributed by atoms with van der Waals surface area (Å²) in [6, 6.07) is 23.9. The predicted octanol–water partition coefficient (Wildman–Crippen LogP) is 4.36. The van der Waals surface area contributed by atoms with E-state index in [0.29, 0.717) is 6.54 Å². The van der Waals surface area contributed by atoms with Crippen LogP contribution in [0, 0.1) is 0 Å². The lowest BCUT2D eigenvalue weighted by Gasteiger charge is -2.25. The molecule has 2 aliphatic heterocycles. The van der Waals surface area contributed by atoms with Gasteiger partial charge in [-0.25, -0.2) is 0 Å². The number of aromatic amines is 1. The van der Waals surface area contributed by atoms with E-state index >= 15 is 0 Å². The molecule has 0 fully saturated rings. The Morgan fingerprint density at radius 1 is 0.933 bits per heavy atom. The highest BCUT2D eigenvalue weighted by atomic mass is 16.7. The van der Waals surface area contributed by atoms with Crippen molar-refractivity contribution >= 4 is 10.9 Å². The lowest BCUT2D eigenvalue weighted by molar-refractivity contribution is 0.173. The van der Waals surface area contributed by atoms with Crippen LogP contribution in [0.5, 0.6) is 11.5 Å². The summed E-state index contributed by atoms with van der Waals surface area (Å²) in [5, 5.41) is 0.726. The molecular weight excluding hydrogens is 376 g/mol. The minimum atomic E-state index is -0.150. The predicted molar refractivity (Wildman–Crippen MR) is 115 cm³/mol. The van der Waals surface area contributed by atoms with Crippen molar-refractivity contribution in [3.05, 3.63) is 105 Å². The number of ether oxygens (including phenoxy) is 2. The van der Waals surface area contributed by atoms with E-state index in [0.717, 1.165) is 45.8 Å². The highest BCUT2D eigenvalue weighted by Crippen LogP contribution is 2.41. The van der Waals surface area contributed by atoms with Gasteiger partial charge in [-0.05, 0) is 35.4 Å². The van der Waals surface area contributed by atoms with Gasteiger partial charge >= 0.3 is 0 Å². The number of hydrogen-bond donors (Lipinski definition) is 1. The lowest BCUT2D eigenvalue weighted by atomic mass is 9.97. The molecule has 0 aliphatic carbocycles. The van der Waals surface area contributed by atoms with Gasteiger partial charge in [-0.3, -0.25) is 9.69 Å². The molecule has 30 heavy (non-hydrogen) atoms. The van der Waals surface area contributed by atoms with Crippen molar-refractivity contribution in [3.8, 4) is 11.5 Å². The average Bonchev–Trinajstić information content (AvgIpc) is 3.38. The monoisotopic (exact) mass is 396 g/mol. The van der Waals surface area contributed by atoms with Crippen LogP contribution in [0.2, 0.25) is 0 Å². The molecule has 5 heteroatoms. The van der Waals surface area contributed by atoms with Crippen molar-refractivity contribution in [3.63, 3.8) is 0 Å². The Kier molecular flexibility index (Phi) is 3.89. The van der Waals surface area contributed by atoms with Gasteiger partial charge in [-0.1, -0.05) is 48.5 Å². The van der Waals surface area contributed by atoms with Gasteiger partial charge in [0, 0.05) is 35.2 Å². The molecule has 148 valence electrons. The minimum absolute atomic E-state index is 0.0950. The highest BCUT2D eigenvalue weighted by Gasteiger charge is 2.35. The summed E-state index contributed by atoms with van der Waals surface area (Å²) in [5.41, 5.74) is 5.04. The molecule has 0 amide bonds. The fourth-order valence-electron chi connectivity index (χ4n) is 4.62. The summed E-state index contributed by atoms with van der Waals surface area (Å²) in [5.74, 6) is 1.48. The van der Waals surface area contributed by atoms with Crippen molar-refractivity contribution in [2.24, 2.45) is 0 Å². The topological polar surface area (TPSA) is 54.6 Å². The number of nitrogens with one attached hydrogen (secondary N) is 1. The van der Waals surface area contributed by atoms with Gasteiger partial charge in [0.05, 0.1) is 6.04 Å². The highest BCUT2D eigenvalue weighted by molar-refractivity contribution is 5.80. The lowest BCUT2D eigenvalue weighted by Crippen LogP contribution is -2.25. The van der Waals surface area contributed by atoms with Crippen LogP contribution in [0.3, 0.4) is 0 Å². The second kappa shape index (κ2) is 6.75. The second-order valence-corrected chi connectivity index (χ2v) is 7.80. The average molecular weight is 396 g/mol. The van der Waals surface area contributed by atoms with Crippen molar-refractivity contribution in [1.82, 2.24) is 9.88 Å². The SMILES string of the molecule is O=c1c2c([nH]c3ccccc13)CN(Cc1ccccc1)C2c1ccc2c(c1)OCO2. The number of pyridine rings is 1. The Bertz CT molecular complexity index is 1310. The van der Waals surface area contributed by atoms with Crippen molar-refractivity contribution in [2.75, 3.05) is 6.79 Å². The summed E-state index contributed by atoms with van der Waals surface area (Å²) in [6.07, 6.45) is 0. The third kappa shape index (κ3) is 2.70. The van der Waals surface area contributed by atoms with Crippen molar-refractivity contribution in [2.45, 2.75) is 19.1 Å². The van der Waals surface area contributed by atoms with Gasteiger partial charge in [0.1, 0.15) is 0 Å². The quantitative estimate of drug-likeness (QED) is 0.559. The molecule has 3 aromatic carbocycles. The number of hydrogen-bond acceptors (Lipinski definition) is 4. The molecule has 4 aromatic rings. The number of H-pyrrole nitrogens is 1. The van der Waals surface area contributed by atoms with E-state index in [1.165, 1.54) is 5.56 Å². The summed E-state index contributed by atoms with van der Waals surface area (Å²) in [4.78, 5) is 19.4. The van der Waals surface area contributed by atoms with E-state index in [2.05, 4.69) is 22.0 Å². The van der Waals surface area contributed by atoms with Gasteiger partial charge in [0.2, 0.25) is 6.79 Å². The molecule has 1 unspecified atom stereocenters. The molecular formula is C25H20N2O3. The van der Waals surface area contributed by atoms with Crippen LogP contribution in [0.15, 0.2) is 77.6 Å². The maximum atomic E-state index is 13.5. The number of rotatable bonds is 3. The first kappa shape index (κ1) is 17.3. The van der Waals surface area contributed by atoms with E-state index in [1.807, 2.05) is 60.7 Å². The largest absolute Gasteiger partial charge is 0.454 e. The standard InChI is InChI=1S/C25H20N2O3/c28-25-18-8-4-5-9-19(18)26-20-14-27(13-16-6-2-1-3-7-16)24(23(20)25)17-10-11-21-22(12-17)30-15-29-21/h1-12,24H,13-15H2,(H,26,28). The van der Waals surface area contributed by atoms with Crippen LogP contribution in [-0.2, 0) is 13.1 Å². The summed E-state index contributed by atoms with van der Waals surface area (Å²) >= 11 is 0. The summed E-state index contributed by atoms with van der Waals surface area (Å²) in [7, 11) is 0. The molecule has 0 spiro atoms. The normalized spacial score (nSPS) is 17.4. The Morgan fingerprint density at radius 3 is 2.63 bits per heavy atom. The van der Waals surface area contributed by atoms with Crippen LogP contribution in [0.1, 0.15) is 28.4 Å². The Balaban J connectivity index is 1.52. The van der Waals surface area contributed by atoms with Crippen LogP contribution in [0.25, 0.3) is 10.9 Å². The second-order valence-electron chi connectivity index (χ2n) is 7.80. The first-order valence-corrected chi connectivity index (χ1v) is 10.1. The fraction of sp³-hybridized carbons (Fsp3) is 0.160. The summed E-state index contributed by atoms with van der Waals surface area (Å²) in [6.45, 7) is 1.67. The Hall–Kier alpha value is -3.57. The van der Waals surface area contributed by atoms with E-state index < -0.39 is 0 Å². The third-order valence-corrected chi connectivity index (χ3v) is 5.97. The molecule has 0 saturated heterocycles. The number of para-hydroxylation sites is 1. The maximum absolute atomic E-state index is 13.5. The zero-order valence-corrected chi connectivity index (χ0v) is 16.3. The van der Waals surface area contributed by atoms with Gasteiger partial charge in [-0.15, -0.1) is 0 Å². The first-order chi connectivity index (χ1) is 14.8. The number of fused-ring (bicyclic) bond motifs is 3. The summed E-state index contributed by atoms with van der Waals surface area (Å²) < 4.78 is 11.1. The third-order valence-electron chi connectivity index (χ3n) is 5.97. The first-order valence-electron chi connectivity index (χ1n) is 10.1. The molecule has 1 N–H and O–H groups in total. The van der Waals surface area contributed by atoms with Gasteiger partial charge in [0.25, 0.3) is 0 Å². The molecule has 3 heterocycles. The molecule has 0 bridgehead atoms. The van der Waals surface area contributed by atoms with E-state index in [9.17, 15) is 4.79 Å². The zero-order valence-electron chi connectivity index (χ0n) is 16.3. The van der Waals surface area contributed by atoms with Gasteiger partial charge in [0.15, 0.2) is 16.9 Å². The molecule has 5 nitrogen and oxygen atoms in total. The smallest absolute Gasteiger partial charge is 0.231 e. The zero-order chi connectivity index (χ0) is 20.1. The Morgan fingerprint density at radius 2 is 1.73 bits per heavy atom. The molecule has 1 atom stereocenters. The van der Waals surface area contributed by atoms with Crippen LogP contribution >= 0.6 is 0 Å². The molecule has 0 saturated carbocycles. The molecule has 6 rings (SSSR count). The van der Waals surface area contributed by atoms with Crippen LogP contribution in [0.4, 0.5) is 0 Å². The van der Waals surface area contributed by atoms with E-state index in [1.54, 1.807) is 0 Å². The van der Waals surface area contributed by atoms with Crippen LogP contribution < -0.4 is 14.9 Å². The number of aromatic nitrogens is 1. The number of nitrogens with zero attached hydrogens (tertiary/aromatic N) is 1. The van der Waals surface area contributed by atoms with Gasteiger partial charge < -0.3 is 14.5 Å². The van der Waals surface area contributed by atoms with Gasteiger partial charge in [-0.2, -0.15) is 0 Å².